The average molecular weight is 324 g/mol. The minimum Gasteiger partial charge on any atom is -0.464 e. The van der Waals surface area contributed by atoms with Crippen LogP contribution in [0.5, 0.6) is 0 Å². The Hall–Kier alpha value is -1.79. The number of methoxy groups -OCH3 is 1. The summed E-state index contributed by atoms with van der Waals surface area (Å²) >= 11 is 7.25. The van der Waals surface area contributed by atoms with E-state index in [0.717, 1.165) is 5.69 Å². The first-order valence-electron chi connectivity index (χ1n) is 6.05. The van der Waals surface area contributed by atoms with E-state index >= 15 is 0 Å². The quantitative estimate of drug-likeness (QED) is 0.488. The number of carbonyl (C=O) groups is 1. The van der Waals surface area contributed by atoms with E-state index < -0.39 is 5.97 Å². The topological polar surface area (TPSA) is 55.3 Å². The van der Waals surface area contributed by atoms with Gasteiger partial charge in [-0.15, -0.1) is 0 Å². The molecule has 0 aliphatic heterocycles. The molecule has 0 atom stereocenters. The number of hydrogen-bond donors (Lipinski definition) is 0. The van der Waals surface area contributed by atoms with E-state index in [9.17, 15) is 4.79 Å². The number of benzene rings is 1. The summed E-state index contributed by atoms with van der Waals surface area (Å²) < 4.78 is 4.80. The largest absolute Gasteiger partial charge is 0.464 e. The van der Waals surface area contributed by atoms with Crippen LogP contribution in [-0.4, -0.2) is 36.4 Å². The number of ether oxygens (including phenoxy) is 1. The summed E-state index contributed by atoms with van der Waals surface area (Å²) in [5.41, 5.74) is 1.67. The fourth-order valence-corrected chi connectivity index (χ4v) is 2.22. The number of aromatic nitrogens is 2. The van der Waals surface area contributed by atoms with Crippen LogP contribution in [0.25, 0.3) is 0 Å². The van der Waals surface area contributed by atoms with Gasteiger partial charge in [-0.1, -0.05) is 23.4 Å². The van der Waals surface area contributed by atoms with E-state index in [2.05, 4.69) is 9.97 Å². The second-order valence-electron chi connectivity index (χ2n) is 4.12. The van der Waals surface area contributed by atoms with E-state index in [0.29, 0.717) is 15.9 Å². The fraction of sp³-hybridized carbons (Fsp3) is 0.214. The lowest BCUT2D eigenvalue weighted by atomic mass is 10.2. The van der Waals surface area contributed by atoms with Crippen molar-refractivity contribution in [3.05, 3.63) is 41.2 Å². The van der Waals surface area contributed by atoms with Gasteiger partial charge < -0.3 is 9.64 Å². The molecule has 0 spiro atoms. The van der Waals surface area contributed by atoms with E-state index in [1.54, 1.807) is 18.3 Å². The maximum Gasteiger partial charge on any atom is 0.359 e. The molecule has 0 fully saturated rings. The lowest BCUT2D eigenvalue weighted by molar-refractivity contribution is 0.0594. The van der Waals surface area contributed by atoms with E-state index in [4.69, 9.17) is 16.3 Å². The second-order valence-corrected chi connectivity index (χ2v) is 5.33. The summed E-state index contributed by atoms with van der Waals surface area (Å²) in [6.07, 6.45) is 3.46. The Kier molecular flexibility index (Phi) is 5.03. The van der Waals surface area contributed by atoms with Crippen molar-refractivity contribution in [3.8, 4) is 0 Å². The van der Waals surface area contributed by atoms with Crippen molar-refractivity contribution in [2.24, 2.45) is 0 Å². The minimum absolute atomic E-state index is 0.231. The third-order valence-electron chi connectivity index (χ3n) is 2.88. The van der Waals surface area contributed by atoms with Crippen LogP contribution in [-0.2, 0) is 4.74 Å². The normalized spacial score (nSPS) is 10.3. The number of carbonyl (C=O) groups excluding carboxylic acids is 1. The van der Waals surface area contributed by atoms with Gasteiger partial charge in [0.15, 0.2) is 10.9 Å². The van der Waals surface area contributed by atoms with Crippen molar-refractivity contribution in [2.75, 3.05) is 25.3 Å². The van der Waals surface area contributed by atoms with Crippen LogP contribution in [0.3, 0.4) is 0 Å². The highest BCUT2D eigenvalue weighted by Gasteiger charge is 2.19. The van der Waals surface area contributed by atoms with Gasteiger partial charge in [0, 0.05) is 17.8 Å². The molecule has 5 nitrogen and oxygen atoms in total. The molecular formula is C14H14ClN3O2S. The van der Waals surface area contributed by atoms with Gasteiger partial charge >= 0.3 is 5.97 Å². The van der Waals surface area contributed by atoms with E-state index in [1.807, 2.05) is 30.3 Å². The van der Waals surface area contributed by atoms with Crippen molar-refractivity contribution in [1.29, 1.82) is 0 Å². The van der Waals surface area contributed by atoms with Gasteiger partial charge in [0.05, 0.1) is 19.0 Å². The molecule has 0 N–H and O–H groups in total. The molecule has 21 heavy (non-hydrogen) atoms. The van der Waals surface area contributed by atoms with Crippen molar-refractivity contribution in [2.45, 2.75) is 5.16 Å². The summed E-state index contributed by atoms with van der Waals surface area (Å²) in [4.78, 5) is 22.2. The average Bonchev–Trinajstić information content (AvgIpc) is 2.53. The molecule has 0 aliphatic rings. The first-order chi connectivity index (χ1) is 10.1. The fourth-order valence-electron chi connectivity index (χ4n) is 1.75. The van der Waals surface area contributed by atoms with Crippen molar-refractivity contribution in [3.63, 3.8) is 0 Å². The highest BCUT2D eigenvalue weighted by Crippen LogP contribution is 2.28. The second kappa shape index (κ2) is 6.78. The monoisotopic (exact) mass is 323 g/mol. The molecule has 1 aromatic carbocycles. The summed E-state index contributed by atoms with van der Waals surface area (Å²) in [5.74, 6) is -0.497. The van der Waals surface area contributed by atoms with Crippen LogP contribution in [0.1, 0.15) is 10.5 Å². The van der Waals surface area contributed by atoms with Crippen LogP contribution >= 0.6 is 23.4 Å². The number of rotatable bonds is 4. The van der Waals surface area contributed by atoms with Crippen molar-refractivity contribution < 1.29 is 9.53 Å². The molecule has 2 rings (SSSR count). The van der Waals surface area contributed by atoms with Gasteiger partial charge in [0.2, 0.25) is 0 Å². The van der Waals surface area contributed by atoms with Crippen molar-refractivity contribution >= 4 is 40.7 Å². The Labute approximate surface area is 132 Å². The lowest BCUT2D eigenvalue weighted by Crippen LogP contribution is -2.17. The van der Waals surface area contributed by atoms with Crippen LogP contribution in [0.15, 0.2) is 35.6 Å². The molecule has 0 amide bonds. The van der Waals surface area contributed by atoms with E-state index in [-0.39, 0.29) is 5.69 Å². The Morgan fingerprint density at radius 2 is 2.00 bits per heavy atom. The molecular weight excluding hydrogens is 310 g/mol. The van der Waals surface area contributed by atoms with Gasteiger partial charge in [-0.2, -0.15) is 0 Å². The van der Waals surface area contributed by atoms with Crippen molar-refractivity contribution in [1.82, 2.24) is 9.97 Å². The predicted molar refractivity (Wildman–Crippen MR) is 84.7 cm³/mol. The highest BCUT2D eigenvalue weighted by atomic mass is 35.5. The molecule has 0 bridgehead atoms. The SMILES string of the molecule is COC(=O)c1nc(SC)ncc1N(C)c1ccc(Cl)cc1. The number of hydrogen-bond acceptors (Lipinski definition) is 6. The van der Waals surface area contributed by atoms with E-state index in [1.165, 1.54) is 18.9 Å². The number of anilines is 2. The van der Waals surface area contributed by atoms with Crippen LogP contribution in [0.2, 0.25) is 5.02 Å². The van der Waals surface area contributed by atoms with Crippen LogP contribution < -0.4 is 4.90 Å². The molecule has 0 unspecified atom stereocenters. The number of thioether (sulfide) groups is 1. The van der Waals surface area contributed by atoms with Crippen LogP contribution in [0, 0.1) is 0 Å². The van der Waals surface area contributed by atoms with Gasteiger partial charge in [-0.25, -0.2) is 14.8 Å². The molecule has 0 saturated carbocycles. The molecule has 0 radical (unpaired) electrons. The molecule has 0 saturated heterocycles. The van der Waals surface area contributed by atoms with Gasteiger partial charge in [-0.3, -0.25) is 0 Å². The summed E-state index contributed by atoms with van der Waals surface area (Å²) in [6.45, 7) is 0. The Balaban J connectivity index is 2.46. The molecule has 110 valence electrons. The van der Waals surface area contributed by atoms with Crippen LogP contribution in [0.4, 0.5) is 11.4 Å². The number of nitrogens with zero attached hydrogens (tertiary/aromatic N) is 3. The molecule has 1 aromatic heterocycles. The number of esters is 1. The Morgan fingerprint density at radius 3 is 2.57 bits per heavy atom. The van der Waals surface area contributed by atoms with Gasteiger partial charge in [0.1, 0.15) is 0 Å². The first-order valence-corrected chi connectivity index (χ1v) is 7.65. The zero-order chi connectivity index (χ0) is 15.4. The third kappa shape index (κ3) is 3.46. The molecule has 7 heteroatoms. The summed E-state index contributed by atoms with van der Waals surface area (Å²) in [7, 11) is 3.16. The smallest absolute Gasteiger partial charge is 0.359 e. The molecule has 1 heterocycles. The Bertz CT molecular complexity index is 649. The van der Waals surface area contributed by atoms with Gasteiger partial charge in [0.25, 0.3) is 0 Å². The molecule has 0 aliphatic carbocycles. The standard InChI is InChI=1S/C14H14ClN3O2S/c1-18(10-6-4-9(15)5-7-10)11-8-16-14(21-3)17-12(11)13(19)20-2/h4-8H,1-3H3. The van der Waals surface area contributed by atoms with Gasteiger partial charge in [-0.05, 0) is 30.5 Å². The minimum atomic E-state index is -0.497. The maximum absolute atomic E-state index is 11.9. The zero-order valence-electron chi connectivity index (χ0n) is 11.8. The first kappa shape index (κ1) is 15.6. The highest BCUT2D eigenvalue weighted by molar-refractivity contribution is 7.98. The molecule has 2 aromatic rings. The summed E-state index contributed by atoms with van der Waals surface area (Å²) in [5, 5.41) is 1.16. The number of halogens is 1. The Morgan fingerprint density at radius 1 is 1.33 bits per heavy atom. The summed E-state index contributed by atoms with van der Waals surface area (Å²) in [6, 6.07) is 7.27. The zero-order valence-corrected chi connectivity index (χ0v) is 13.4. The third-order valence-corrected chi connectivity index (χ3v) is 3.70. The lowest BCUT2D eigenvalue weighted by Gasteiger charge is -2.21. The maximum atomic E-state index is 11.9. The predicted octanol–water partition coefficient (Wildman–Crippen LogP) is 3.41.